The molecule has 0 saturated carbocycles. The molecule has 1 aliphatic rings. The number of benzene rings is 1. The van der Waals surface area contributed by atoms with Crippen molar-refractivity contribution in [1.82, 2.24) is 20.3 Å². The summed E-state index contributed by atoms with van der Waals surface area (Å²) in [6.45, 7) is 2.64. The molecule has 1 fully saturated rings. The average molecular weight is 286 g/mol. The monoisotopic (exact) mass is 286 g/mol. The van der Waals surface area contributed by atoms with Gasteiger partial charge in [-0.15, -0.1) is 0 Å². The molecule has 2 aromatic rings. The van der Waals surface area contributed by atoms with Gasteiger partial charge in [-0.1, -0.05) is 18.2 Å². The van der Waals surface area contributed by atoms with Crippen LogP contribution in [0.2, 0.25) is 0 Å². The van der Waals surface area contributed by atoms with Gasteiger partial charge in [-0.25, -0.2) is 0 Å². The number of nitrogens with one attached hydrogen (secondary N) is 1. The summed E-state index contributed by atoms with van der Waals surface area (Å²) < 4.78 is 5.72. The minimum Gasteiger partial charge on any atom is -0.378 e. The van der Waals surface area contributed by atoms with E-state index in [1.165, 1.54) is 19.3 Å². The van der Waals surface area contributed by atoms with Crippen LogP contribution < -0.4 is 5.32 Å². The van der Waals surface area contributed by atoms with Crippen LogP contribution >= 0.6 is 0 Å². The number of hydrogen-bond acceptors (Lipinski definition) is 4. The zero-order valence-corrected chi connectivity index (χ0v) is 12.2. The Bertz CT molecular complexity index is 534. The predicted octanol–water partition coefficient (Wildman–Crippen LogP) is 2.32. The number of aromatic nitrogens is 3. The highest BCUT2D eigenvalue weighted by Crippen LogP contribution is 2.14. The lowest BCUT2D eigenvalue weighted by Crippen LogP contribution is -2.25. The molecule has 112 valence electrons. The Hall–Kier alpha value is -1.72. The van der Waals surface area contributed by atoms with E-state index in [4.69, 9.17) is 4.74 Å². The zero-order chi connectivity index (χ0) is 14.3. The summed E-state index contributed by atoms with van der Waals surface area (Å²) >= 11 is 0. The summed E-state index contributed by atoms with van der Waals surface area (Å²) in [5.41, 5.74) is 1.95. The van der Waals surface area contributed by atoms with E-state index in [2.05, 4.69) is 15.5 Å². The predicted molar refractivity (Wildman–Crippen MR) is 81.3 cm³/mol. The van der Waals surface area contributed by atoms with Crippen molar-refractivity contribution in [2.75, 3.05) is 13.2 Å². The molecule has 1 aliphatic heterocycles. The second-order valence-electron chi connectivity index (χ2n) is 5.41. The molecule has 0 bridgehead atoms. The lowest BCUT2D eigenvalue weighted by Gasteiger charge is -2.22. The number of para-hydroxylation sites is 1. The minimum atomic E-state index is 0.436. The molecule has 1 N–H and O–H groups in total. The summed E-state index contributed by atoms with van der Waals surface area (Å²) in [5, 5.41) is 12.2. The van der Waals surface area contributed by atoms with Crippen LogP contribution in [0.5, 0.6) is 0 Å². The third-order valence-electron chi connectivity index (χ3n) is 3.75. The van der Waals surface area contributed by atoms with Gasteiger partial charge in [0.2, 0.25) is 0 Å². The number of nitrogens with zero attached hydrogens (tertiary/aromatic N) is 3. The van der Waals surface area contributed by atoms with Crippen LogP contribution in [0, 0.1) is 0 Å². The fraction of sp³-hybridized carbons (Fsp3) is 0.500. The van der Waals surface area contributed by atoms with Gasteiger partial charge in [0.1, 0.15) is 0 Å². The molecule has 2 heterocycles. The average Bonchev–Trinajstić information content (AvgIpc) is 3.02. The Morgan fingerprint density at radius 2 is 2.14 bits per heavy atom. The van der Waals surface area contributed by atoms with Crippen molar-refractivity contribution in [3.8, 4) is 5.69 Å². The molecule has 5 nitrogen and oxygen atoms in total. The summed E-state index contributed by atoms with van der Waals surface area (Å²) in [6, 6.07) is 9.96. The quantitative estimate of drug-likeness (QED) is 0.828. The van der Waals surface area contributed by atoms with E-state index in [-0.39, 0.29) is 0 Å². The zero-order valence-electron chi connectivity index (χ0n) is 12.2. The molecule has 21 heavy (non-hydrogen) atoms. The minimum absolute atomic E-state index is 0.436. The normalized spacial score (nSPS) is 18.8. The lowest BCUT2D eigenvalue weighted by molar-refractivity contribution is 0.0115. The fourth-order valence-electron chi connectivity index (χ4n) is 2.58. The fourth-order valence-corrected chi connectivity index (χ4v) is 2.58. The van der Waals surface area contributed by atoms with Gasteiger partial charge in [-0.05, 0) is 44.4 Å². The van der Waals surface area contributed by atoms with Crippen LogP contribution in [-0.4, -0.2) is 34.2 Å². The SMILES string of the molecule is c1ccc(-n2ncc(CNCCC3CCCCO3)n2)cc1. The third-order valence-corrected chi connectivity index (χ3v) is 3.75. The summed E-state index contributed by atoms with van der Waals surface area (Å²) in [6.07, 6.45) is 7.05. The standard InChI is InChI=1S/C16H22N4O/c1-2-6-15(7-3-1)20-18-13-14(19-20)12-17-10-9-16-8-4-5-11-21-16/h1-3,6-7,13,16-17H,4-5,8-12H2. The molecule has 5 heteroatoms. The molecule has 3 rings (SSSR count). The molecular formula is C16H22N4O. The first kappa shape index (κ1) is 14.2. The maximum atomic E-state index is 5.72. The molecule has 1 aromatic heterocycles. The number of hydrogen-bond donors (Lipinski definition) is 1. The summed E-state index contributed by atoms with van der Waals surface area (Å²) in [5.74, 6) is 0. The van der Waals surface area contributed by atoms with Gasteiger partial charge in [0, 0.05) is 13.2 Å². The van der Waals surface area contributed by atoms with Crippen molar-refractivity contribution in [1.29, 1.82) is 0 Å². The maximum absolute atomic E-state index is 5.72. The molecule has 0 aliphatic carbocycles. The van der Waals surface area contributed by atoms with Crippen molar-refractivity contribution in [2.24, 2.45) is 0 Å². The van der Waals surface area contributed by atoms with E-state index in [1.54, 1.807) is 4.80 Å². The van der Waals surface area contributed by atoms with E-state index in [1.807, 2.05) is 36.5 Å². The van der Waals surface area contributed by atoms with E-state index >= 15 is 0 Å². The Morgan fingerprint density at radius 3 is 2.95 bits per heavy atom. The van der Waals surface area contributed by atoms with Crippen molar-refractivity contribution in [3.05, 3.63) is 42.2 Å². The van der Waals surface area contributed by atoms with Crippen molar-refractivity contribution < 1.29 is 4.74 Å². The van der Waals surface area contributed by atoms with Crippen molar-refractivity contribution in [3.63, 3.8) is 0 Å². The van der Waals surface area contributed by atoms with Crippen molar-refractivity contribution in [2.45, 2.75) is 38.3 Å². The molecule has 1 atom stereocenters. The molecule has 0 amide bonds. The molecule has 1 aromatic carbocycles. The van der Waals surface area contributed by atoms with Gasteiger partial charge in [0.05, 0.1) is 23.7 Å². The van der Waals surface area contributed by atoms with Crippen molar-refractivity contribution >= 4 is 0 Å². The van der Waals surface area contributed by atoms with E-state index in [0.29, 0.717) is 6.10 Å². The van der Waals surface area contributed by atoms with Gasteiger partial charge >= 0.3 is 0 Å². The third kappa shape index (κ3) is 4.12. The molecule has 1 unspecified atom stereocenters. The first-order valence-corrected chi connectivity index (χ1v) is 7.71. The van der Waals surface area contributed by atoms with E-state index in [9.17, 15) is 0 Å². The van der Waals surface area contributed by atoms with Gasteiger partial charge in [-0.3, -0.25) is 0 Å². The smallest absolute Gasteiger partial charge is 0.0969 e. The highest BCUT2D eigenvalue weighted by Gasteiger charge is 2.12. The first-order chi connectivity index (χ1) is 10.4. The molecular weight excluding hydrogens is 264 g/mol. The lowest BCUT2D eigenvalue weighted by atomic mass is 10.1. The highest BCUT2D eigenvalue weighted by molar-refractivity contribution is 5.28. The van der Waals surface area contributed by atoms with Gasteiger partial charge in [0.25, 0.3) is 0 Å². The Balaban J connectivity index is 1.42. The number of rotatable bonds is 6. The summed E-state index contributed by atoms with van der Waals surface area (Å²) in [4.78, 5) is 1.67. The highest BCUT2D eigenvalue weighted by atomic mass is 16.5. The van der Waals surface area contributed by atoms with E-state index < -0.39 is 0 Å². The topological polar surface area (TPSA) is 52.0 Å². The van der Waals surface area contributed by atoms with Gasteiger partial charge < -0.3 is 10.1 Å². The molecule has 0 spiro atoms. The van der Waals surface area contributed by atoms with Crippen LogP contribution in [0.25, 0.3) is 5.69 Å². The van der Waals surface area contributed by atoms with Crippen LogP contribution in [0.4, 0.5) is 0 Å². The molecule has 0 radical (unpaired) electrons. The Kier molecular flexibility index (Phi) is 4.97. The first-order valence-electron chi connectivity index (χ1n) is 7.71. The van der Waals surface area contributed by atoms with Crippen LogP contribution in [0.15, 0.2) is 36.5 Å². The van der Waals surface area contributed by atoms with Gasteiger partial charge in [0.15, 0.2) is 0 Å². The Labute approximate surface area is 125 Å². The Morgan fingerprint density at radius 1 is 1.24 bits per heavy atom. The van der Waals surface area contributed by atoms with Crippen LogP contribution in [0.3, 0.4) is 0 Å². The van der Waals surface area contributed by atoms with Crippen LogP contribution in [-0.2, 0) is 11.3 Å². The van der Waals surface area contributed by atoms with Crippen LogP contribution in [0.1, 0.15) is 31.4 Å². The largest absolute Gasteiger partial charge is 0.378 e. The maximum Gasteiger partial charge on any atom is 0.0969 e. The second kappa shape index (κ2) is 7.33. The summed E-state index contributed by atoms with van der Waals surface area (Å²) in [7, 11) is 0. The molecule has 1 saturated heterocycles. The number of ether oxygens (including phenoxy) is 1. The van der Waals surface area contributed by atoms with Gasteiger partial charge in [-0.2, -0.15) is 15.0 Å². The second-order valence-corrected chi connectivity index (χ2v) is 5.41. The van der Waals surface area contributed by atoms with E-state index in [0.717, 1.165) is 37.5 Å².